The SMILES string of the molecule is CCOc1ccc(N=Nc2c(C)c(C#N)c(O)n(CC3CCCO3)c2=O)cc1. The summed E-state index contributed by atoms with van der Waals surface area (Å²) in [5.74, 6) is 0.355. The second-order valence-electron chi connectivity index (χ2n) is 6.46. The van der Waals surface area contributed by atoms with E-state index in [4.69, 9.17) is 9.47 Å². The van der Waals surface area contributed by atoms with E-state index in [2.05, 4.69) is 10.2 Å². The first-order valence-corrected chi connectivity index (χ1v) is 9.17. The zero-order valence-electron chi connectivity index (χ0n) is 15.9. The monoisotopic (exact) mass is 382 g/mol. The highest BCUT2D eigenvalue weighted by molar-refractivity contribution is 5.56. The molecule has 0 spiro atoms. The van der Waals surface area contributed by atoms with Gasteiger partial charge in [-0.25, -0.2) is 0 Å². The smallest absolute Gasteiger partial charge is 0.281 e. The van der Waals surface area contributed by atoms with Gasteiger partial charge in [-0.2, -0.15) is 10.4 Å². The molecule has 0 saturated carbocycles. The molecule has 1 aliphatic heterocycles. The van der Waals surface area contributed by atoms with Crippen LogP contribution in [-0.2, 0) is 11.3 Å². The Labute approximate surface area is 162 Å². The zero-order valence-corrected chi connectivity index (χ0v) is 15.9. The zero-order chi connectivity index (χ0) is 20.1. The normalized spacial score (nSPS) is 16.4. The fourth-order valence-corrected chi connectivity index (χ4v) is 3.10. The van der Waals surface area contributed by atoms with Gasteiger partial charge in [-0.05, 0) is 51.0 Å². The van der Waals surface area contributed by atoms with E-state index in [1.54, 1.807) is 31.2 Å². The summed E-state index contributed by atoms with van der Waals surface area (Å²) in [5, 5.41) is 28.0. The second-order valence-corrected chi connectivity index (χ2v) is 6.46. The minimum absolute atomic E-state index is 0.0123. The predicted molar refractivity (Wildman–Crippen MR) is 103 cm³/mol. The third kappa shape index (κ3) is 4.05. The molecule has 3 rings (SSSR count). The van der Waals surface area contributed by atoms with Gasteiger partial charge in [-0.1, -0.05) is 0 Å². The summed E-state index contributed by atoms with van der Waals surface area (Å²) in [5.41, 5.74) is 0.376. The molecule has 28 heavy (non-hydrogen) atoms. The fourth-order valence-electron chi connectivity index (χ4n) is 3.10. The van der Waals surface area contributed by atoms with E-state index in [1.165, 1.54) is 0 Å². The molecule has 1 N–H and O–H groups in total. The van der Waals surface area contributed by atoms with Crippen LogP contribution in [0.3, 0.4) is 0 Å². The summed E-state index contributed by atoms with van der Waals surface area (Å²) >= 11 is 0. The lowest BCUT2D eigenvalue weighted by Gasteiger charge is -2.16. The van der Waals surface area contributed by atoms with Crippen LogP contribution in [0, 0.1) is 18.3 Å². The molecular weight excluding hydrogens is 360 g/mol. The van der Waals surface area contributed by atoms with Crippen LogP contribution in [0.15, 0.2) is 39.3 Å². The molecule has 2 heterocycles. The van der Waals surface area contributed by atoms with Crippen molar-refractivity contribution in [3.63, 3.8) is 0 Å². The van der Waals surface area contributed by atoms with Gasteiger partial charge < -0.3 is 14.6 Å². The number of pyridine rings is 1. The van der Waals surface area contributed by atoms with Crippen LogP contribution in [0.25, 0.3) is 0 Å². The topological polar surface area (TPSA) is 109 Å². The molecule has 1 aromatic heterocycles. The van der Waals surface area contributed by atoms with E-state index in [9.17, 15) is 15.2 Å². The van der Waals surface area contributed by atoms with E-state index >= 15 is 0 Å². The van der Waals surface area contributed by atoms with Crippen molar-refractivity contribution >= 4 is 11.4 Å². The van der Waals surface area contributed by atoms with Crippen LogP contribution in [0.1, 0.15) is 30.9 Å². The Balaban J connectivity index is 1.97. The molecule has 0 bridgehead atoms. The molecule has 0 aliphatic carbocycles. The summed E-state index contributed by atoms with van der Waals surface area (Å²) in [6.07, 6.45) is 1.53. The largest absolute Gasteiger partial charge is 0.494 e. The van der Waals surface area contributed by atoms with Crippen molar-refractivity contribution in [2.24, 2.45) is 10.2 Å². The molecular formula is C20H22N4O4. The van der Waals surface area contributed by atoms with Crippen molar-refractivity contribution in [1.29, 1.82) is 5.26 Å². The first-order chi connectivity index (χ1) is 13.5. The Morgan fingerprint density at radius 1 is 1.36 bits per heavy atom. The molecule has 0 amide bonds. The Bertz CT molecular complexity index is 968. The summed E-state index contributed by atoms with van der Waals surface area (Å²) in [4.78, 5) is 12.9. The molecule has 8 nitrogen and oxygen atoms in total. The predicted octanol–water partition coefficient (Wildman–Crippen LogP) is 3.73. The fraction of sp³-hybridized carbons (Fsp3) is 0.400. The summed E-state index contributed by atoms with van der Waals surface area (Å²) in [7, 11) is 0. The lowest BCUT2D eigenvalue weighted by atomic mass is 10.1. The third-order valence-electron chi connectivity index (χ3n) is 4.59. The first-order valence-electron chi connectivity index (χ1n) is 9.17. The molecule has 1 aliphatic rings. The lowest BCUT2D eigenvalue weighted by Crippen LogP contribution is -2.27. The molecule has 0 radical (unpaired) electrons. The number of benzene rings is 1. The summed E-state index contributed by atoms with van der Waals surface area (Å²) in [6.45, 7) is 4.83. The Kier molecular flexibility index (Phi) is 6.06. The molecule has 1 fully saturated rings. The van der Waals surface area contributed by atoms with Gasteiger partial charge in [0.2, 0.25) is 5.88 Å². The molecule has 1 atom stereocenters. The quantitative estimate of drug-likeness (QED) is 0.766. The van der Waals surface area contributed by atoms with E-state index in [1.807, 2.05) is 13.0 Å². The highest BCUT2D eigenvalue weighted by Gasteiger charge is 2.23. The van der Waals surface area contributed by atoms with Crippen molar-refractivity contribution in [1.82, 2.24) is 4.57 Å². The van der Waals surface area contributed by atoms with Gasteiger partial charge in [0, 0.05) is 12.2 Å². The average molecular weight is 382 g/mol. The third-order valence-corrected chi connectivity index (χ3v) is 4.59. The number of rotatable bonds is 6. The number of ether oxygens (including phenoxy) is 2. The Morgan fingerprint density at radius 3 is 2.71 bits per heavy atom. The molecule has 1 aromatic carbocycles. The Morgan fingerprint density at radius 2 is 2.11 bits per heavy atom. The minimum atomic E-state index is -0.501. The van der Waals surface area contributed by atoms with E-state index in [0.717, 1.165) is 17.4 Å². The van der Waals surface area contributed by atoms with Crippen LogP contribution in [-0.4, -0.2) is 29.0 Å². The maximum Gasteiger partial charge on any atom is 0.281 e. The molecule has 1 unspecified atom stereocenters. The maximum absolute atomic E-state index is 12.9. The summed E-state index contributed by atoms with van der Waals surface area (Å²) in [6, 6.07) is 8.92. The van der Waals surface area contributed by atoms with Gasteiger partial charge in [0.25, 0.3) is 5.56 Å². The van der Waals surface area contributed by atoms with E-state index in [0.29, 0.717) is 30.2 Å². The first kappa shape index (κ1) is 19.6. The number of azo groups is 1. The van der Waals surface area contributed by atoms with Crippen LogP contribution in [0.4, 0.5) is 11.4 Å². The Hall–Kier alpha value is -3.18. The van der Waals surface area contributed by atoms with Crippen LogP contribution in [0.2, 0.25) is 0 Å². The summed E-state index contributed by atoms with van der Waals surface area (Å²) < 4.78 is 12.1. The molecule has 146 valence electrons. The van der Waals surface area contributed by atoms with Gasteiger partial charge in [0.05, 0.1) is 24.9 Å². The number of aromatic hydroxyl groups is 1. The van der Waals surface area contributed by atoms with Crippen LogP contribution < -0.4 is 10.3 Å². The number of nitriles is 1. The molecule has 2 aromatic rings. The van der Waals surface area contributed by atoms with Crippen molar-refractivity contribution in [3.05, 3.63) is 45.7 Å². The maximum atomic E-state index is 12.9. The van der Waals surface area contributed by atoms with Crippen LogP contribution in [0.5, 0.6) is 11.6 Å². The van der Waals surface area contributed by atoms with Gasteiger partial charge >= 0.3 is 0 Å². The lowest BCUT2D eigenvalue weighted by molar-refractivity contribution is 0.0939. The highest BCUT2D eigenvalue weighted by Crippen LogP contribution is 2.28. The van der Waals surface area contributed by atoms with E-state index < -0.39 is 5.56 Å². The number of aromatic nitrogens is 1. The van der Waals surface area contributed by atoms with Gasteiger partial charge in [0.1, 0.15) is 17.4 Å². The number of hydrogen-bond donors (Lipinski definition) is 1. The van der Waals surface area contributed by atoms with Gasteiger partial charge in [-0.3, -0.25) is 9.36 Å². The van der Waals surface area contributed by atoms with Crippen molar-refractivity contribution in [2.45, 2.75) is 39.3 Å². The van der Waals surface area contributed by atoms with Gasteiger partial charge in [-0.15, -0.1) is 5.11 Å². The highest BCUT2D eigenvalue weighted by atomic mass is 16.5. The average Bonchev–Trinajstić information content (AvgIpc) is 3.20. The van der Waals surface area contributed by atoms with Crippen molar-refractivity contribution in [2.75, 3.05) is 13.2 Å². The molecule has 8 heteroatoms. The standard InChI is InChI=1S/C20H22N4O4/c1-3-27-15-8-6-14(7-9-15)22-23-18-13(2)17(11-21)19(25)24(20(18)26)12-16-5-4-10-28-16/h6-9,16,25H,3-5,10,12H2,1-2H3. The molecule has 1 saturated heterocycles. The van der Waals surface area contributed by atoms with Gasteiger partial charge in [0.15, 0.2) is 5.69 Å². The minimum Gasteiger partial charge on any atom is -0.494 e. The number of nitrogens with zero attached hydrogens (tertiary/aromatic N) is 4. The van der Waals surface area contributed by atoms with Crippen molar-refractivity contribution in [3.8, 4) is 17.7 Å². The second kappa shape index (κ2) is 8.67. The van der Waals surface area contributed by atoms with Crippen molar-refractivity contribution < 1.29 is 14.6 Å². The van der Waals surface area contributed by atoms with Crippen LogP contribution >= 0.6 is 0 Å². The number of hydrogen-bond acceptors (Lipinski definition) is 7. The van der Waals surface area contributed by atoms with E-state index in [-0.39, 0.29) is 29.8 Å².